The van der Waals surface area contributed by atoms with E-state index in [1.807, 2.05) is 60.7 Å². The van der Waals surface area contributed by atoms with Crippen LogP contribution in [-0.2, 0) is 0 Å². The van der Waals surface area contributed by atoms with E-state index in [9.17, 15) is 0 Å². The minimum absolute atomic E-state index is 0.627. The maximum Gasteiger partial charge on any atom is 0.164 e. The number of nitrogens with zero attached hydrogens (tertiary/aromatic N) is 6. The molecule has 4 heterocycles. The normalized spacial score (nSPS) is 11.7. The van der Waals surface area contributed by atoms with E-state index < -0.39 is 0 Å². The van der Waals surface area contributed by atoms with Gasteiger partial charge in [-0.2, -0.15) is 0 Å². The van der Waals surface area contributed by atoms with Gasteiger partial charge < -0.3 is 9.13 Å². The van der Waals surface area contributed by atoms with Crippen LogP contribution in [0.3, 0.4) is 0 Å². The second-order valence-electron chi connectivity index (χ2n) is 16.3. The van der Waals surface area contributed by atoms with Crippen molar-refractivity contribution in [1.29, 1.82) is 0 Å². The zero-order valence-corrected chi connectivity index (χ0v) is 35.7. The SMILES string of the molecule is c1ccc(-c2nc(-c3ccccc3)nc(-c3ccc4nc(-c5cccc(-n6c7ccccc7c7cc(-c8ccc9c(c8)c8ccccc8n9-c8ccccc8)ccc76)c5)sc4c3)n2)cc1. The molecule has 0 saturated carbocycles. The van der Waals surface area contributed by atoms with Gasteiger partial charge in [0, 0.05) is 55.2 Å². The lowest BCUT2D eigenvalue weighted by atomic mass is 10.0. The van der Waals surface area contributed by atoms with Crippen LogP contribution in [0.2, 0.25) is 0 Å². The Labute approximate surface area is 378 Å². The topological polar surface area (TPSA) is 61.4 Å². The molecule has 13 aromatic rings. The molecule has 9 aromatic carbocycles. The minimum atomic E-state index is 0.627. The lowest BCUT2D eigenvalue weighted by Crippen LogP contribution is -1.99. The van der Waals surface area contributed by atoms with Crippen LogP contribution in [0.1, 0.15) is 0 Å². The van der Waals surface area contributed by atoms with Crippen molar-refractivity contribution in [1.82, 2.24) is 29.1 Å². The maximum atomic E-state index is 5.15. The maximum absolute atomic E-state index is 5.15. The number of hydrogen-bond donors (Lipinski definition) is 0. The Balaban J connectivity index is 0.878. The highest BCUT2D eigenvalue weighted by Gasteiger charge is 2.18. The van der Waals surface area contributed by atoms with Crippen LogP contribution in [0.4, 0.5) is 0 Å². The molecule has 0 atom stereocenters. The fraction of sp³-hybridized carbons (Fsp3) is 0. The Hall–Kier alpha value is -8.52. The van der Waals surface area contributed by atoms with Gasteiger partial charge in [-0.25, -0.2) is 19.9 Å². The summed E-state index contributed by atoms with van der Waals surface area (Å²) in [6, 6.07) is 77.1. The van der Waals surface area contributed by atoms with Crippen LogP contribution in [0.15, 0.2) is 218 Å². The van der Waals surface area contributed by atoms with Crippen molar-refractivity contribution >= 4 is 65.2 Å². The summed E-state index contributed by atoms with van der Waals surface area (Å²) in [4.78, 5) is 20.0. The summed E-state index contributed by atoms with van der Waals surface area (Å²) < 4.78 is 5.82. The van der Waals surface area contributed by atoms with E-state index in [2.05, 4.69) is 167 Å². The number of para-hydroxylation sites is 3. The highest BCUT2D eigenvalue weighted by Crippen LogP contribution is 2.40. The number of benzene rings is 9. The van der Waals surface area contributed by atoms with Gasteiger partial charge in [-0.05, 0) is 90.0 Å². The predicted octanol–water partition coefficient (Wildman–Crippen LogP) is 15.0. The number of rotatable bonds is 7. The summed E-state index contributed by atoms with van der Waals surface area (Å²) in [5.41, 5.74) is 14.2. The van der Waals surface area contributed by atoms with E-state index in [4.69, 9.17) is 19.9 Å². The zero-order valence-electron chi connectivity index (χ0n) is 34.9. The smallest absolute Gasteiger partial charge is 0.164 e. The van der Waals surface area contributed by atoms with Crippen molar-refractivity contribution in [2.75, 3.05) is 0 Å². The highest BCUT2D eigenvalue weighted by atomic mass is 32.1. The van der Waals surface area contributed by atoms with Gasteiger partial charge in [0.05, 0.1) is 32.3 Å². The first kappa shape index (κ1) is 37.1. The van der Waals surface area contributed by atoms with Crippen molar-refractivity contribution in [3.63, 3.8) is 0 Å². The molecule has 0 N–H and O–H groups in total. The summed E-state index contributed by atoms with van der Waals surface area (Å²) in [7, 11) is 0. The molecule has 0 aliphatic heterocycles. The van der Waals surface area contributed by atoms with E-state index in [0.717, 1.165) is 59.9 Å². The molecule has 7 heteroatoms. The molecule has 0 spiro atoms. The number of aromatic nitrogens is 6. The third kappa shape index (κ3) is 6.32. The highest BCUT2D eigenvalue weighted by molar-refractivity contribution is 7.21. The Morgan fingerprint density at radius 2 is 0.754 bits per heavy atom. The van der Waals surface area contributed by atoms with Crippen LogP contribution in [0.5, 0.6) is 0 Å². The van der Waals surface area contributed by atoms with E-state index in [1.165, 1.54) is 43.7 Å². The molecule has 4 aromatic heterocycles. The van der Waals surface area contributed by atoms with Gasteiger partial charge in [0.15, 0.2) is 17.5 Å². The second-order valence-corrected chi connectivity index (χ2v) is 17.3. The van der Waals surface area contributed by atoms with Crippen molar-refractivity contribution < 1.29 is 0 Å². The third-order valence-electron chi connectivity index (χ3n) is 12.4. The molecule has 304 valence electrons. The molecule has 0 radical (unpaired) electrons. The fourth-order valence-electron chi connectivity index (χ4n) is 9.34. The first-order valence-corrected chi connectivity index (χ1v) is 22.5. The van der Waals surface area contributed by atoms with Gasteiger partial charge in [-0.15, -0.1) is 11.3 Å². The van der Waals surface area contributed by atoms with Crippen LogP contribution in [0.25, 0.3) is 121 Å². The first-order valence-electron chi connectivity index (χ1n) is 21.7. The Morgan fingerprint density at radius 1 is 0.292 bits per heavy atom. The molecule has 0 unspecified atom stereocenters. The molecular formula is C58H36N6S. The van der Waals surface area contributed by atoms with Gasteiger partial charge in [0.1, 0.15) is 5.01 Å². The lowest BCUT2D eigenvalue weighted by Gasteiger charge is -2.10. The van der Waals surface area contributed by atoms with Crippen LogP contribution >= 0.6 is 11.3 Å². The largest absolute Gasteiger partial charge is 0.309 e. The summed E-state index contributed by atoms with van der Waals surface area (Å²) in [5.74, 6) is 1.91. The zero-order chi connectivity index (χ0) is 42.8. The van der Waals surface area contributed by atoms with E-state index in [1.54, 1.807) is 11.3 Å². The van der Waals surface area contributed by atoms with Crippen molar-refractivity contribution in [3.05, 3.63) is 218 Å². The van der Waals surface area contributed by atoms with Gasteiger partial charge in [0.25, 0.3) is 0 Å². The lowest BCUT2D eigenvalue weighted by molar-refractivity contribution is 1.07. The summed E-state index contributed by atoms with van der Waals surface area (Å²) >= 11 is 1.68. The summed E-state index contributed by atoms with van der Waals surface area (Å²) in [5, 5.41) is 5.88. The Morgan fingerprint density at radius 3 is 1.35 bits per heavy atom. The van der Waals surface area contributed by atoms with Gasteiger partial charge in [-0.1, -0.05) is 140 Å². The average Bonchev–Trinajstić information content (AvgIpc) is 4.07. The standard InChI is InChI=1S/C58H36N6S/c1-4-15-37(16-5-1)55-60-56(38-17-6-2-7-18-38)62-57(61-55)41-27-30-49-54(36-41)65-58(59-49)42-19-14-22-44(33-42)64-51-26-13-11-24-46(51)48-35-40(29-32-53(48)64)39-28-31-52-47(34-39)45-23-10-12-25-50(45)63(52)43-20-8-3-9-21-43/h1-36H. The van der Waals surface area contributed by atoms with Crippen LogP contribution < -0.4 is 0 Å². The third-order valence-corrected chi connectivity index (χ3v) is 13.5. The number of thiazole rings is 1. The Bertz CT molecular complexity index is 3890. The molecule has 0 fully saturated rings. The molecule has 0 aliphatic rings. The summed E-state index contributed by atoms with van der Waals surface area (Å²) in [6.07, 6.45) is 0. The van der Waals surface area contributed by atoms with Crippen molar-refractivity contribution in [2.45, 2.75) is 0 Å². The molecule has 6 nitrogen and oxygen atoms in total. The molecule has 0 amide bonds. The second kappa shape index (κ2) is 15.1. The minimum Gasteiger partial charge on any atom is -0.309 e. The van der Waals surface area contributed by atoms with Gasteiger partial charge in [0.2, 0.25) is 0 Å². The molecule has 0 saturated heterocycles. The number of fused-ring (bicyclic) bond motifs is 7. The average molecular weight is 849 g/mol. The van der Waals surface area contributed by atoms with E-state index in [-0.39, 0.29) is 0 Å². The summed E-state index contributed by atoms with van der Waals surface area (Å²) in [6.45, 7) is 0. The molecular weight excluding hydrogens is 813 g/mol. The molecule has 65 heavy (non-hydrogen) atoms. The fourth-order valence-corrected chi connectivity index (χ4v) is 10.3. The van der Waals surface area contributed by atoms with Crippen LogP contribution in [0, 0.1) is 0 Å². The molecule has 0 aliphatic carbocycles. The Kier molecular flexibility index (Phi) is 8.60. The van der Waals surface area contributed by atoms with Crippen LogP contribution in [-0.4, -0.2) is 29.1 Å². The first-order chi connectivity index (χ1) is 32.2. The van der Waals surface area contributed by atoms with Gasteiger partial charge >= 0.3 is 0 Å². The quantitative estimate of drug-likeness (QED) is 0.160. The van der Waals surface area contributed by atoms with E-state index in [0.29, 0.717) is 17.5 Å². The predicted molar refractivity (Wildman–Crippen MR) is 269 cm³/mol. The van der Waals surface area contributed by atoms with Crippen molar-refractivity contribution in [2.24, 2.45) is 0 Å². The molecule has 13 rings (SSSR count). The number of hydrogen-bond acceptors (Lipinski definition) is 5. The van der Waals surface area contributed by atoms with Crippen molar-refractivity contribution in [3.8, 4) is 67.2 Å². The van der Waals surface area contributed by atoms with Gasteiger partial charge in [-0.3, -0.25) is 0 Å². The molecule has 0 bridgehead atoms. The monoisotopic (exact) mass is 848 g/mol. The van der Waals surface area contributed by atoms with E-state index >= 15 is 0 Å².